The summed E-state index contributed by atoms with van der Waals surface area (Å²) in [5, 5.41) is 3.51. The Morgan fingerprint density at radius 3 is 3.00 bits per heavy atom. The molecule has 0 amide bonds. The number of aromatic nitrogens is 2. The number of hydrogen-bond donors (Lipinski definition) is 1. The van der Waals surface area contributed by atoms with Gasteiger partial charge in [-0.15, -0.1) is 0 Å². The van der Waals surface area contributed by atoms with Crippen LogP contribution in [-0.2, 0) is 0 Å². The molecule has 4 nitrogen and oxygen atoms in total. The summed E-state index contributed by atoms with van der Waals surface area (Å²) in [6.45, 7) is 7.17. The highest BCUT2D eigenvalue weighted by Crippen LogP contribution is 2.19. The first-order chi connectivity index (χ1) is 9.63. The summed E-state index contributed by atoms with van der Waals surface area (Å²) in [7, 11) is 0. The van der Waals surface area contributed by atoms with Gasteiger partial charge in [0, 0.05) is 31.7 Å². The molecule has 1 saturated heterocycles. The molecule has 1 aromatic carbocycles. The summed E-state index contributed by atoms with van der Waals surface area (Å²) in [5.74, 6) is 1.13. The summed E-state index contributed by atoms with van der Waals surface area (Å²) in [6.07, 6.45) is 1.78. The highest BCUT2D eigenvalue weighted by molar-refractivity contribution is 5.75. The van der Waals surface area contributed by atoms with Crippen molar-refractivity contribution in [2.75, 3.05) is 24.5 Å². The molecule has 3 rings (SSSR count). The van der Waals surface area contributed by atoms with Gasteiger partial charge < -0.3 is 10.2 Å². The van der Waals surface area contributed by atoms with Gasteiger partial charge in [0.05, 0.1) is 17.2 Å². The van der Waals surface area contributed by atoms with Gasteiger partial charge in [0.25, 0.3) is 0 Å². The number of nitrogens with zero attached hydrogens (tertiary/aromatic N) is 3. The van der Waals surface area contributed by atoms with Crippen molar-refractivity contribution in [1.29, 1.82) is 0 Å². The average molecular weight is 274 g/mol. The van der Waals surface area contributed by atoms with E-state index in [1.165, 1.54) is 12.1 Å². The molecule has 1 aliphatic rings. The molecule has 0 saturated carbocycles. The van der Waals surface area contributed by atoms with Gasteiger partial charge >= 0.3 is 0 Å². The molecule has 1 N–H and O–H groups in total. The molecule has 1 fully saturated rings. The zero-order valence-electron chi connectivity index (χ0n) is 11.8. The van der Waals surface area contributed by atoms with E-state index in [-0.39, 0.29) is 5.82 Å². The van der Waals surface area contributed by atoms with Crippen molar-refractivity contribution < 1.29 is 4.39 Å². The van der Waals surface area contributed by atoms with E-state index in [0.717, 1.165) is 31.0 Å². The third-order valence-corrected chi connectivity index (χ3v) is 3.83. The Morgan fingerprint density at radius 1 is 1.35 bits per heavy atom. The molecule has 106 valence electrons. The smallest absolute Gasteiger partial charge is 0.147 e. The van der Waals surface area contributed by atoms with E-state index in [1.54, 1.807) is 12.3 Å². The maximum atomic E-state index is 13.3. The highest BCUT2D eigenvalue weighted by atomic mass is 19.1. The second kappa shape index (κ2) is 5.32. The molecule has 20 heavy (non-hydrogen) atoms. The minimum atomic E-state index is -0.274. The second-order valence-electron chi connectivity index (χ2n) is 5.61. The first-order valence-corrected chi connectivity index (χ1v) is 7.04. The van der Waals surface area contributed by atoms with Gasteiger partial charge in [-0.2, -0.15) is 0 Å². The molecule has 2 aromatic rings. The number of anilines is 1. The molecule has 1 aliphatic heterocycles. The molecule has 1 unspecified atom stereocenters. The van der Waals surface area contributed by atoms with E-state index in [4.69, 9.17) is 0 Å². The van der Waals surface area contributed by atoms with Crippen LogP contribution in [0.25, 0.3) is 11.0 Å². The SMILES string of the molecule is CC(C)C1CN(c2cnc3ccc(F)cc3n2)CCN1. The molecule has 5 heteroatoms. The van der Waals surface area contributed by atoms with Crippen LogP contribution in [0.4, 0.5) is 10.2 Å². The van der Waals surface area contributed by atoms with Crippen LogP contribution in [0.2, 0.25) is 0 Å². The third-order valence-electron chi connectivity index (χ3n) is 3.83. The zero-order valence-corrected chi connectivity index (χ0v) is 11.8. The monoisotopic (exact) mass is 274 g/mol. The highest BCUT2D eigenvalue weighted by Gasteiger charge is 2.22. The van der Waals surface area contributed by atoms with Crippen molar-refractivity contribution >= 4 is 16.9 Å². The molecule has 0 bridgehead atoms. The first-order valence-electron chi connectivity index (χ1n) is 7.04. The van der Waals surface area contributed by atoms with E-state index in [2.05, 4.69) is 34.0 Å². The lowest BCUT2D eigenvalue weighted by Gasteiger charge is -2.36. The Hall–Kier alpha value is -1.75. The van der Waals surface area contributed by atoms with Gasteiger partial charge in [0.2, 0.25) is 0 Å². The number of benzene rings is 1. The topological polar surface area (TPSA) is 41.1 Å². The van der Waals surface area contributed by atoms with Crippen LogP contribution in [0.1, 0.15) is 13.8 Å². The molecule has 2 heterocycles. The normalized spacial score (nSPS) is 19.8. The largest absolute Gasteiger partial charge is 0.352 e. The maximum absolute atomic E-state index is 13.3. The van der Waals surface area contributed by atoms with Crippen molar-refractivity contribution in [2.24, 2.45) is 5.92 Å². The van der Waals surface area contributed by atoms with E-state index in [1.807, 2.05) is 0 Å². The van der Waals surface area contributed by atoms with E-state index in [9.17, 15) is 4.39 Å². The molecule has 0 spiro atoms. The van der Waals surface area contributed by atoms with Crippen LogP contribution in [0, 0.1) is 11.7 Å². The van der Waals surface area contributed by atoms with Crippen molar-refractivity contribution in [2.45, 2.75) is 19.9 Å². The van der Waals surface area contributed by atoms with Crippen molar-refractivity contribution in [3.05, 3.63) is 30.2 Å². The number of hydrogen-bond acceptors (Lipinski definition) is 4. The Morgan fingerprint density at radius 2 is 2.20 bits per heavy atom. The number of nitrogens with one attached hydrogen (secondary N) is 1. The van der Waals surface area contributed by atoms with Gasteiger partial charge in [-0.05, 0) is 18.1 Å². The maximum Gasteiger partial charge on any atom is 0.147 e. The summed E-state index contributed by atoms with van der Waals surface area (Å²) in [6, 6.07) is 4.97. The van der Waals surface area contributed by atoms with E-state index >= 15 is 0 Å². The fourth-order valence-corrected chi connectivity index (χ4v) is 2.56. The predicted molar refractivity (Wildman–Crippen MR) is 78.3 cm³/mol. The molecule has 0 aliphatic carbocycles. The van der Waals surface area contributed by atoms with Crippen molar-refractivity contribution in [3.8, 4) is 0 Å². The minimum Gasteiger partial charge on any atom is -0.352 e. The van der Waals surface area contributed by atoms with Crippen molar-refractivity contribution in [3.63, 3.8) is 0 Å². The van der Waals surface area contributed by atoms with E-state index < -0.39 is 0 Å². The molecule has 1 atom stereocenters. The number of rotatable bonds is 2. The molecule has 1 aromatic heterocycles. The third kappa shape index (κ3) is 2.58. The van der Waals surface area contributed by atoms with Gasteiger partial charge in [0.1, 0.15) is 11.6 Å². The summed E-state index contributed by atoms with van der Waals surface area (Å²) in [5.41, 5.74) is 1.34. The summed E-state index contributed by atoms with van der Waals surface area (Å²) < 4.78 is 13.3. The number of piperazine rings is 1. The number of halogens is 1. The van der Waals surface area contributed by atoms with Crippen LogP contribution < -0.4 is 10.2 Å². The second-order valence-corrected chi connectivity index (χ2v) is 5.61. The first kappa shape index (κ1) is 13.2. The lowest BCUT2D eigenvalue weighted by molar-refractivity contribution is 0.367. The Labute approximate surface area is 118 Å². The van der Waals surface area contributed by atoms with Gasteiger partial charge in [-0.3, -0.25) is 4.98 Å². The van der Waals surface area contributed by atoms with Crippen LogP contribution in [0.5, 0.6) is 0 Å². The number of fused-ring (bicyclic) bond motifs is 1. The van der Waals surface area contributed by atoms with Crippen LogP contribution in [0.15, 0.2) is 24.4 Å². The van der Waals surface area contributed by atoms with Gasteiger partial charge in [0.15, 0.2) is 0 Å². The van der Waals surface area contributed by atoms with Crippen LogP contribution in [0.3, 0.4) is 0 Å². The van der Waals surface area contributed by atoms with Crippen LogP contribution >= 0.6 is 0 Å². The fraction of sp³-hybridized carbons (Fsp3) is 0.467. The van der Waals surface area contributed by atoms with Crippen LogP contribution in [-0.4, -0.2) is 35.6 Å². The molecular formula is C15H19FN4. The van der Waals surface area contributed by atoms with Gasteiger partial charge in [-0.25, -0.2) is 9.37 Å². The average Bonchev–Trinajstić information content (AvgIpc) is 2.46. The van der Waals surface area contributed by atoms with Crippen molar-refractivity contribution in [1.82, 2.24) is 15.3 Å². The predicted octanol–water partition coefficient (Wildman–Crippen LogP) is 2.20. The Balaban J connectivity index is 1.89. The van der Waals surface area contributed by atoms with E-state index in [0.29, 0.717) is 17.5 Å². The standard InChI is InChI=1S/C15H19FN4/c1-10(2)14-9-20(6-5-17-14)15-8-18-12-4-3-11(16)7-13(12)19-15/h3-4,7-8,10,14,17H,5-6,9H2,1-2H3. The molecular weight excluding hydrogens is 255 g/mol. The Bertz CT molecular complexity index is 614. The minimum absolute atomic E-state index is 0.274. The van der Waals surface area contributed by atoms with Gasteiger partial charge in [-0.1, -0.05) is 13.8 Å². The zero-order chi connectivity index (χ0) is 14.1. The molecule has 0 radical (unpaired) electrons. The summed E-state index contributed by atoms with van der Waals surface area (Å²) in [4.78, 5) is 11.1. The Kier molecular flexibility index (Phi) is 3.53. The lowest BCUT2D eigenvalue weighted by atomic mass is 10.0. The quantitative estimate of drug-likeness (QED) is 0.911. The lowest BCUT2D eigenvalue weighted by Crippen LogP contribution is -2.53. The summed E-state index contributed by atoms with van der Waals surface area (Å²) >= 11 is 0. The fourth-order valence-electron chi connectivity index (χ4n) is 2.56.